The number of halogens is 1. The summed E-state index contributed by atoms with van der Waals surface area (Å²) in [7, 11) is 0. The van der Waals surface area contributed by atoms with Crippen molar-refractivity contribution in [1.82, 2.24) is 4.98 Å². The number of aromatic amines is 1. The molecule has 0 bridgehead atoms. The molecule has 0 atom stereocenters. The Kier molecular flexibility index (Phi) is 2.74. The average molecular weight is 233 g/mol. The molecule has 86 valence electrons. The normalized spacial score (nSPS) is 11.1. The van der Waals surface area contributed by atoms with E-state index in [1.54, 1.807) is 0 Å². The van der Waals surface area contributed by atoms with Crippen LogP contribution in [0, 0.1) is 5.82 Å². The van der Waals surface area contributed by atoms with Gasteiger partial charge in [-0.2, -0.15) is 0 Å². The van der Waals surface area contributed by atoms with Gasteiger partial charge in [0.1, 0.15) is 5.82 Å². The third kappa shape index (κ3) is 2.39. The molecule has 2 N–H and O–H groups in total. The average Bonchev–Trinajstić information content (AvgIpc) is 2.26. The number of hydrogen-bond acceptors (Lipinski definition) is 2. The lowest BCUT2D eigenvalue weighted by Crippen LogP contribution is -2.09. The third-order valence-corrected chi connectivity index (χ3v) is 2.24. The van der Waals surface area contributed by atoms with Crippen LogP contribution in [0.25, 0.3) is 17.0 Å². The molecule has 1 heterocycles. The topological polar surface area (TPSA) is 70.2 Å². The lowest BCUT2D eigenvalue weighted by atomic mass is 10.1. The molecule has 17 heavy (non-hydrogen) atoms. The summed E-state index contributed by atoms with van der Waals surface area (Å²) in [4.78, 5) is 24.4. The summed E-state index contributed by atoms with van der Waals surface area (Å²) < 4.78 is 12.9. The number of rotatable bonds is 2. The second kappa shape index (κ2) is 4.21. The van der Waals surface area contributed by atoms with E-state index in [1.165, 1.54) is 30.3 Å². The minimum Gasteiger partial charge on any atom is -0.478 e. The van der Waals surface area contributed by atoms with E-state index in [2.05, 4.69) is 4.98 Å². The first kappa shape index (κ1) is 11.1. The molecule has 0 radical (unpaired) electrons. The molecule has 0 spiro atoms. The number of nitrogens with one attached hydrogen (secondary N) is 1. The van der Waals surface area contributed by atoms with E-state index in [1.807, 2.05) is 0 Å². The summed E-state index contributed by atoms with van der Waals surface area (Å²) in [6.45, 7) is 0. The summed E-state index contributed by atoms with van der Waals surface area (Å²) in [6.07, 6.45) is 2.07. The van der Waals surface area contributed by atoms with Crippen molar-refractivity contribution >= 4 is 22.9 Å². The van der Waals surface area contributed by atoms with Crippen LogP contribution in [0.2, 0.25) is 0 Å². The molecular formula is C12H8FNO3. The smallest absolute Gasteiger partial charge is 0.328 e. The number of hydrogen-bond donors (Lipinski definition) is 2. The van der Waals surface area contributed by atoms with Gasteiger partial charge in [0, 0.05) is 11.6 Å². The number of benzene rings is 1. The van der Waals surface area contributed by atoms with Crippen LogP contribution in [0.3, 0.4) is 0 Å². The zero-order valence-electron chi connectivity index (χ0n) is 8.61. The molecular weight excluding hydrogens is 225 g/mol. The van der Waals surface area contributed by atoms with Crippen molar-refractivity contribution in [2.24, 2.45) is 0 Å². The maximum absolute atomic E-state index is 12.9. The first-order valence-corrected chi connectivity index (χ1v) is 4.80. The molecule has 0 aliphatic heterocycles. The Balaban J connectivity index is 2.60. The van der Waals surface area contributed by atoms with Gasteiger partial charge < -0.3 is 10.1 Å². The van der Waals surface area contributed by atoms with E-state index in [0.717, 1.165) is 6.08 Å². The summed E-state index contributed by atoms with van der Waals surface area (Å²) in [5.74, 6) is -1.58. The highest BCUT2D eigenvalue weighted by Crippen LogP contribution is 2.13. The Hall–Kier alpha value is -2.43. The van der Waals surface area contributed by atoms with Gasteiger partial charge >= 0.3 is 5.97 Å². The number of carboxylic acid groups (broad SMARTS) is 1. The summed E-state index contributed by atoms with van der Waals surface area (Å²) >= 11 is 0. The van der Waals surface area contributed by atoms with Crippen LogP contribution < -0.4 is 5.56 Å². The highest BCUT2D eigenvalue weighted by molar-refractivity contribution is 5.87. The molecule has 1 aromatic carbocycles. The van der Waals surface area contributed by atoms with Gasteiger partial charge in [0.2, 0.25) is 0 Å². The molecule has 0 unspecified atom stereocenters. The predicted molar refractivity (Wildman–Crippen MR) is 61.2 cm³/mol. The van der Waals surface area contributed by atoms with E-state index in [9.17, 15) is 14.0 Å². The van der Waals surface area contributed by atoms with Crippen molar-refractivity contribution in [3.63, 3.8) is 0 Å². The van der Waals surface area contributed by atoms with Gasteiger partial charge in [0.15, 0.2) is 0 Å². The van der Waals surface area contributed by atoms with Gasteiger partial charge in [-0.05, 0) is 35.7 Å². The number of carboxylic acids is 1. The monoisotopic (exact) mass is 233 g/mol. The van der Waals surface area contributed by atoms with Crippen molar-refractivity contribution in [2.45, 2.75) is 0 Å². The third-order valence-electron chi connectivity index (χ3n) is 2.24. The van der Waals surface area contributed by atoms with Crippen molar-refractivity contribution < 1.29 is 14.3 Å². The van der Waals surface area contributed by atoms with Crippen molar-refractivity contribution in [2.75, 3.05) is 0 Å². The lowest BCUT2D eigenvalue weighted by Gasteiger charge is -1.99. The van der Waals surface area contributed by atoms with E-state index >= 15 is 0 Å². The zero-order valence-corrected chi connectivity index (χ0v) is 8.61. The molecule has 2 rings (SSSR count). The number of aromatic nitrogens is 1. The molecule has 0 aliphatic carbocycles. The fourth-order valence-electron chi connectivity index (χ4n) is 1.48. The fourth-order valence-corrected chi connectivity index (χ4v) is 1.48. The summed E-state index contributed by atoms with van der Waals surface area (Å²) in [6, 6.07) is 5.50. The number of fused-ring (bicyclic) bond motifs is 1. The minimum atomic E-state index is -1.14. The molecule has 0 aliphatic rings. The highest BCUT2D eigenvalue weighted by atomic mass is 19.1. The maximum Gasteiger partial charge on any atom is 0.328 e. The molecule has 0 fully saturated rings. The number of aliphatic carboxylic acids is 1. The molecule has 2 aromatic rings. The van der Waals surface area contributed by atoms with Crippen molar-refractivity contribution in [3.05, 3.63) is 52.1 Å². The molecule has 4 nitrogen and oxygen atoms in total. The van der Waals surface area contributed by atoms with E-state index in [0.29, 0.717) is 10.9 Å². The van der Waals surface area contributed by atoms with Crippen LogP contribution in [0.15, 0.2) is 35.1 Å². The van der Waals surface area contributed by atoms with E-state index in [4.69, 9.17) is 5.11 Å². The quantitative estimate of drug-likeness (QED) is 0.776. The number of carbonyl (C=O) groups is 1. The standard InChI is InChI=1S/C12H8FNO3/c13-9-3-1-7-5-8(2-4-11(15)16)12(17)14-10(7)6-9/h1-6H,(H,14,17)(H,15,16). The first-order chi connectivity index (χ1) is 8.06. The van der Waals surface area contributed by atoms with Gasteiger partial charge in [0.25, 0.3) is 5.56 Å². The van der Waals surface area contributed by atoms with Crippen molar-refractivity contribution in [3.8, 4) is 0 Å². The van der Waals surface area contributed by atoms with Gasteiger partial charge in [-0.25, -0.2) is 9.18 Å². The zero-order chi connectivity index (χ0) is 12.4. The van der Waals surface area contributed by atoms with Crippen LogP contribution in [0.4, 0.5) is 4.39 Å². The number of pyridine rings is 1. The molecule has 0 saturated carbocycles. The number of H-pyrrole nitrogens is 1. The van der Waals surface area contributed by atoms with Gasteiger partial charge in [-0.15, -0.1) is 0 Å². The van der Waals surface area contributed by atoms with Crippen LogP contribution in [0.5, 0.6) is 0 Å². The lowest BCUT2D eigenvalue weighted by molar-refractivity contribution is -0.131. The van der Waals surface area contributed by atoms with Crippen LogP contribution in [0.1, 0.15) is 5.56 Å². The molecule has 0 saturated heterocycles. The van der Waals surface area contributed by atoms with Crippen LogP contribution >= 0.6 is 0 Å². The van der Waals surface area contributed by atoms with Crippen LogP contribution in [-0.2, 0) is 4.79 Å². The molecule has 0 amide bonds. The Labute approximate surface area is 95.0 Å². The van der Waals surface area contributed by atoms with Gasteiger partial charge in [0.05, 0.1) is 5.52 Å². The predicted octanol–water partition coefficient (Wildman–Crippen LogP) is 1.76. The van der Waals surface area contributed by atoms with Gasteiger partial charge in [-0.3, -0.25) is 4.79 Å². The Morgan fingerprint density at radius 1 is 1.35 bits per heavy atom. The highest BCUT2D eigenvalue weighted by Gasteiger charge is 2.01. The van der Waals surface area contributed by atoms with E-state index < -0.39 is 17.3 Å². The fraction of sp³-hybridized carbons (Fsp3) is 0. The Morgan fingerprint density at radius 2 is 2.12 bits per heavy atom. The Bertz CT molecular complexity index is 673. The minimum absolute atomic E-state index is 0.214. The van der Waals surface area contributed by atoms with Crippen LogP contribution in [-0.4, -0.2) is 16.1 Å². The van der Waals surface area contributed by atoms with E-state index in [-0.39, 0.29) is 5.56 Å². The molecule has 1 aromatic heterocycles. The Morgan fingerprint density at radius 3 is 2.82 bits per heavy atom. The van der Waals surface area contributed by atoms with Crippen molar-refractivity contribution in [1.29, 1.82) is 0 Å². The largest absolute Gasteiger partial charge is 0.478 e. The molecule has 5 heteroatoms. The second-order valence-electron chi connectivity index (χ2n) is 3.46. The van der Waals surface area contributed by atoms with Gasteiger partial charge in [-0.1, -0.05) is 0 Å². The summed E-state index contributed by atoms with van der Waals surface area (Å²) in [5.41, 5.74) is 0.134. The first-order valence-electron chi connectivity index (χ1n) is 4.80. The maximum atomic E-state index is 12.9. The second-order valence-corrected chi connectivity index (χ2v) is 3.46. The summed E-state index contributed by atoms with van der Waals surface area (Å²) in [5, 5.41) is 9.10. The SMILES string of the molecule is O=C(O)C=Cc1cc2ccc(F)cc2[nH]c1=O.